The molecule has 2 aromatic rings. The maximum absolute atomic E-state index is 12.2. The van der Waals surface area contributed by atoms with E-state index in [0.29, 0.717) is 5.75 Å². The summed E-state index contributed by atoms with van der Waals surface area (Å²) in [7, 11) is 0. The fourth-order valence-electron chi connectivity index (χ4n) is 3.30. The molecule has 0 bridgehead atoms. The number of carboxylic acid groups (broad SMARTS) is 1. The number of hydrogen-bond donors (Lipinski definition) is 2. The van der Waals surface area contributed by atoms with Crippen LogP contribution in [-0.2, 0) is 9.53 Å². The van der Waals surface area contributed by atoms with Crippen molar-refractivity contribution in [2.75, 3.05) is 18.1 Å². The molecule has 0 heterocycles. The van der Waals surface area contributed by atoms with E-state index in [-0.39, 0.29) is 12.5 Å². The van der Waals surface area contributed by atoms with Crippen LogP contribution in [0.25, 0.3) is 11.1 Å². The third kappa shape index (κ3) is 4.45. The molecular formula is C21H23NO4S. The van der Waals surface area contributed by atoms with E-state index in [2.05, 4.69) is 17.4 Å². The summed E-state index contributed by atoms with van der Waals surface area (Å²) in [5, 5.41) is 11.7. The van der Waals surface area contributed by atoms with Gasteiger partial charge in [0.1, 0.15) is 12.6 Å². The molecule has 142 valence electrons. The number of fused-ring (bicyclic) bond motifs is 3. The third-order valence-corrected chi connectivity index (χ3v) is 5.83. The molecule has 0 spiro atoms. The van der Waals surface area contributed by atoms with Crippen LogP contribution >= 0.6 is 11.8 Å². The predicted molar refractivity (Wildman–Crippen MR) is 107 cm³/mol. The van der Waals surface area contributed by atoms with Crippen molar-refractivity contribution in [3.05, 3.63) is 59.7 Å². The number of carboxylic acids is 1. The maximum Gasteiger partial charge on any atom is 0.407 e. The van der Waals surface area contributed by atoms with Gasteiger partial charge in [-0.25, -0.2) is 9.59 Å². The average molecular weight is 385 g/mol. The summed E-state index contributed by atoms with van der Waals surface area (Å²) >= 11 is 1.51. The van der Waals surface area contributed by atoms with Gasteiger partial charge in [0.2, 0.25) is 0 Å². The molecule has 2 aromatic carbocycles. The number of amides is 1. The normalized spacial score (nSPS) is 13.5. The number of thioether (sulfide) groups is 1. The van der Waals surface area contributed by atoms with E-state index in [1.165, 1.54) is 11.8 Å². The van der Waals surface area contributed by atoms with Gasteiger partial charge in [0.25, 0.3) is 0 Å². The van der Waals surface area contributed by atoms with Gasteiger partial charge in [0.15, 0.2) is 0 Å². The molecule has 0 aliphatic heterocycles. The van der Waals surface area contributed by atoms with Gasteiger partial charge < -0.3 is 15.2 Å². The van der Waals surface area contributed by atoms with E-state index < -0.39 is 18.1 Å². The minimum atomic E-state index is -1.05. The number of carbonyl (C=O) groups excluding carboxylic acids is 1. The highest BCUT2D eigenvalue weighted by molar-refractivity contribution is 7.99. The Bertz CT molecular complexity index is 778. The first-order chi connectivity index (χ1) is 13.1. The lowest BCUT2D eigenvalue weighted by molar-refractivity contribution is -0.138. The van der Waals surface area contributed by atoms with Crippen LogP contribution in [0.5, 0.6) is 0 Å². The summed E-state index contributed by atoms with van der Waals surface area (Å²) in [6, 6.07) is 15.2. The van der Waals surface area contributed by atoms with Crippen LogP contribution in [0.4, 0.5) is 4.79 Å². The van der Waals surface area contributed by atoms with Crippen molar-refractivity contribution < 1.29 is 19.4 Å². The zero-order valence-corrected chi connectivity index (χ0v) is 16.0. The first-order valence-corrected chi connectivity index (χ1v) is 10.2. The number of nitrogens with one attached hydrogen (secondary N) is 1. The van der Waals surface area contributed by atoms with Crippen molar-refractivity contribution in [2.24, 2.45) is 0 Å². The van der Waals surface area contributed by atoms with Gasteiger partial charge in [-0.2, -0.15) is 11.8 Å². The lowest BCUT2D eigenvalue weighted by Crippen LogP contribution is -2.43. The number of hydrogen-bond acceptors (Lipinski definition) is 4. The van der Waals surface area contributed by atoms with Crippen LogP contribution < -0.4 is 5.32 Å². The Hall–Kier alpha value is -2.47. The molecule has 0 aromatic heterocycles. The SMILES string of the molecule is CCCSC[C@H](NC(=O)OCC1c2ccccc2-c2ccccc21)C(=O)O. The number of aliphatic carboxylic acids is 1. The van der Waals surface area contributed by atoms with Crippen LogP contribution in [0.2, 0.25) is 0 Å². The van der Waals surface area contributed by atoms with Gasteiger partial charge in [-0.3, -0.25) is 0 Å². The Labute approximate surface area is 163 Å². The van der Waals surface area contributed by atoms with Crippen molar-refractivity contribution in [1.82, 2.24) is 5.32 Å². The molecule has 1 atom stereocenters. The molecule has 27 heavy (non-hydrogen) atoms. The van der Waals surface area contributed by atoms with Crippen molar-refractivity contribution in [1.29, 1.82) is 0 Å². The van der Waals surface area contributed by atoms with E-state index in [1.54, 1.807) is 0 Å². The summed E-state index contributed by atoms with van der Waals surface area (Å²) in [4.78, 5) is 23.5. The second-order valence-electron chi connectivity index (χ2n) is 6.44. The summed E-state index contributed by atoms with van der Waals surface area (Å²) in [6.45, 7) is 2.20. The molecule has 0 fully saturated rings. The van der Waals surface area contributed by atoms with Crippen molar-refractivity contribution >= 4 is 23.8 Å². The first kappa shape index (κ1) is 19.3. The van der Waals surface area contributed by atoms with Crippen molar-refractivity contribution in [2.45, 2.75) is 25.3 Å². The summed E-state index contributed by atoms with van der Waals surface area (Å²) < 4.78 is 5.40. The highest BCUT2D eigenvalue weighted by Crippen LogP contribution is 2.44. The zero-order chi connectivity index (χ0) is 19.2. The second-order valence-corrected chi connectivity index (χ2v) is 7.59. The van der Waals surface area contributed by atoms with Gasteiger partial charge in [-0.15, -0.1) is 0 Å². The standard InChI is InChI=1S/C21H23NO4S/c1-2-11-27-13-19(20(23)24)22-21(25)26-12-18-16-9-5-3-7-14(16)15-8-4-6-10-17(15)18/h3-10,18-19H,2,11-13H2,1H3,(H,22,25)(H,23,24)/t19-/m0/s1. The van der Waals surface area contributed by atoms with E-state index in [9.17, 15) is 14.7 Å². The molecule has 0 saturated heterocycles. The highest BCUT2D eigenvalue weighted by atomic mass is 32.2. The molecule has 0 radical (unpaired) electrons. The van der Waals surface area contributed by atoms with Crippen LogP contribution in [0, 0.1) is 0 Å². The van der Waals surface area contributed by atoms with Gasteiger partial charge in [0.05, 0.1) is 0 Å². The first-order valence-electron chi connectivity index (χ1n) is 9.04. The van der Waals surface area contributed by atoms with E-state index >= 15 is 0 Å². The summed E-state index contributed by atoms with van der Waals surface area (Å²) in [6.07, 6.45) is 0.267. The van der Waals surface area contributed by atoms with Crippen molar-refractivity contribution in [3.63, 3.8) is 0 Å². The van der Waals surface area contributed by atoms with Crippen LogP contribution in [-0.4, -0.2) is 41.3 Å². The number of carbonyl (C=O) groups is 2. The Balaban J connectivity index is 1.64. The van der Waals surface area contributed by atoms with E-state index in [1.807, 2.05) is 43.3 Å². The summed E-state index contributed by atoms with van der Waals surface area (Å²) in [5.41, 5.74) is 4.56. The molecule has 1 aliphatic rings. The molecule has 0 saturated carbocycles. The molecule has 2 N–H and O–H groups in total. The topological polar surface area (TPSA) is 75.6 Å². The Morgan fingerprint density at radius 3 is 2.26 bits per heavy atom. The maximum atomic E-state index is 12.2. The van der Waals surface area contributed by atoms with Crippen LogP contribution in [0.15, 0.2) is 48.5 Å². The quantitative estimate of drug-likeness (QED) is 0.669. The van der Waals surface area contributed by atoms with Crippen LogP contribution in [0.3, 0.4) is 0 Å². The Kier molecular flexibility index (Phi) is 6.40. The largest absolute Gasteiger partial charge is 0.480 e. The molecular weight excluding hydrogens is 362 g/mol. The fraction of sp³-hybridized carbons (Fsp3) is 0.333. The molecule has 1 amide bonds. The number of alkyl carbamates (subject to hydrolysis) is 1. The van der Waals surface area contributed by atoms with Crippen LogP contribution in [0.1, 0.15) is 30.4 Å². The Morgan fingerprint density at radius 1 is 1.11 bits per heavy atom. The molecule has 1 aliphatic carbocycles. The van der Waals surface area contributed by atoms with E-state index in [4.69, 9.17) is 4.74 Å². The minimum absolute atomic E-state index is 0.0408. The van der Waals surface area contributed by atoms with Gasteiger partial charge in [-0.1, -0.05) is 55.5 Å². The van der Waals surface area contributed by atoms with Gasteiger partial charge >= 0.3 is 12.1 Å². The minimum Gasteiger partial charge on any atom is -0.480 e. The van der Waals surface area contributed by atoms with E-state index in [0.717, 1.165) is 34.4 Å². The molecule has 5 nitrogen and oxygen atoms in total. The number of ether oxygens (including phenoxy) is 1. The average Bonchev–Trinajstić information content (AvgIpc) is 2.99. The second kappa shape index (κ2) is 8.95. The summed E-state index contributed by atoms with van der Waals surface area (Å²) in [5.74, 6) is 0.0942. The number of rotatable bonds is 8. The lowest BCUT2D eigenvalue weighted by Gasteiger charge is -2.17. The predicted octanol–water partition coefficient (Wildman–Crippen LogP) is 4.12. The fourth-order valence-corrected chi connectivity index (χ4v) is 4.22. The smallest absolute Gasteiger partial charge is 0.407 e. The highest BCUT2D eigenvalue weighted by Gasteiger charge is 2.29. The molecule has 0 unspecified atom stereocenters. The monoisotopic (exact) mass is 385 g/mol. The lowest BCUT2D eigenvalue weighted by atomic mass is 9.98. The number of benzene rings is 2. The molecule has 3 rings (SSSR count). The zero-order valence-electron chi connectivity index (χ0n) is 15.2. The third-order valence-electron chi connectivity index (χ3n) is 4.57. The van der Waals surface area contributed by atoms with Gasteiger partial charge in [0, 0.05) is 11.7 Å². The van der Waals surface area contributed by atoms with Gasteiger partial charge in [-0.05, 0) is 34.4 Å². The molecule has 6 heteroatoms. The van der Waals surface area contributed by atoms with Crippen molar-refractivity contribution in [3.8, 4) is 11.1 Å². The Morgan fingerprint density at radius 2 is 1.70 bits per heavy atom.